The number of rotatable bonds is 4. The number of fused-ring (bicyclic) bond motifs is 1. The highest BCUT2D eigenvalue weighted by Crippen LogP contribution is 2.30. The lowest BCUT2D eigenvalue weighted by Gasteiger charge is -2.18. The molecule has 0 bridgehead atoms. The SMILES string of the molecule is CC1=C(COCc2ccccc2)OCc2ccoc21. The first-order chi connectivity index (χ1) is 9.34. The molecule has 2 aromatic rings. The van der Waals surface area contributed by atoms with Gasteiger partial charge in [0.05, 0.1) is 12.9 Å². The van der Waals surface area contributed by atoms with Gasteiger partial charge in [0.15, 0.2) is 0 Å². The zero-order valence-electron chi connectivity index (χ0n) is 10.9. The summed E-state index contributed by atoms with van der Waals surface area (Å²) in [6, 6.07) is 12.1. The van der Waals surface area contributed by atoms with Gasteiger partial charge in [0.25, 0.3) is 0 Å². The summed E-state index contributed by atoms with van der Waals surface area (Å²) in [5.74, 6) is 1.78. The van der Waals surface area contributed by atoms with Gasteiger partial charge in [-0.05, 0) is 18.6 Å². The van der Waals surface area contributed by atoms with E-state index >= 15 is 0 Å². The fourth-order valence-corrected chi connectivity index (χ4v) is 2.16. The van der Waals surface area contributed by atoms with E-state index in [1.807, 2.05) is 43.3 Å². The van der Waals surface area contributed by atoms with E-state index in [0.29, 0.717) is 19.8 Å². The van der Waals surface area contributed by atoms with Gasteiger partial charge in [0, 0.05) is 11.1 Å². The summed E-state index contributed by atoms with van der Waals surface area (Å²) >= 11 is 0. The van der Waals surface area contributed by atoms with E-state index in [-0.39, 0.29) is 0 Å². The standard InChI is InChI=1S/C16H16O3/c1-12-15(19-10-14-7-8-18-16(12)14)11-17-9-13-5-3-2-4-6-13/h2-8H,9-11H2,1H3. The average molecular weight is 256 g/mol. The molecule has 0 aliphatic carbocycles. The molecule has 98 valence electrons. The van der Waals surface area contributed by atoms with E-state index in [2.05, 4.69) is 0 Å². The maximum Gasteiger partial charge on any atom is 0.139 e. The van der Waals surface area contributed by atoms with Crippen molar-refractivity contribution in [3.05, 3.63) is 65.3 Å². The number of allylic oxidation sites excluding steroid dienone is 1. The molecule has 0 spiro atoms. The van der Waals surface area contributed by atoms with Crippen LogP contribution in [0.1, 0.15) is 23.8 Å². The lowest BCUT2D eigenvalue weighted by atomic mass is 10.1. The van der Waals surface area contributed by atoms with Crippen LogP contribution in [0.2, 0.25) is 0 Å². The van der Waals surface area contributed by atoms with Gasteiger partial charge in [-0.3, -0.25) is 0 Å². The number of hydrogen-bond acceptors (Lipinski definition) is 3. The molecule has 1 aliphatic heterocycles. The van der Waals surface area contributed by atoms with Crippen molar-refractivity contribution in [3.63, 3.8) is 0 Å². The molecule has 0 amide bonds. The van der Waals surface area contributed by atoms with Gasteiger partial charge in [-0.2, -0.15) is 0 Å². The molecule has 3 rings (SSSR count). The van der Waals surface area contributed by atoms with E-state index in [0.717, 1.165) is 28.2 Å². The zero-order chi connectivity index (χ0) is 13.1. The van der Waals surface area contributed by atoms with Crippen molar-refractivity contribution in [3.8, 4) is 0 Å². The molecule has 1 aromatic carbocycles. The average Bonchev–Trinajstić information content (AvgIpc) is 2.92. The van der Waals surface area contributed by atoms with Crippen LogP contribution in [0.5, 0.6) is 0 Å². The highest BCUT2D eigenvalue weighted by molar-refractivity contribution is 5.65. The molecule has 0 unspecified atom stereocenters. The molecular formula is C16H16O3. The summed E-state index contributed by atoms with van der Waals surface area (Å²) in [4.78, 5) is 0. The molecule has 0 atom stereocenters. The monoisotopic (exact) mass is 256 g/mol. The number of benzene rings is 1. The predicted octanol–water partition coefficient (Wildman–Crippen LogP) is 3.76. The van der Waals surface area contributed by atoms with Crippen LogP contribution >= 0.6 is 0 Å². The van der Waals surface area contributed by atoms with Crippen LogP contribution in [0.4, 0.5) is 0 Å². The third kappa shape index (κ3) is 2.56. The van der Waals surface area contributed by atoms with Gasteiger partial charge < -0.3 is 13.9 Å². The summed E-state index contributed by atoms with van der Waals surface area (Å²) < 4.78 is 16.9. The lowest BCUT2D eigenvalue weighted by molar-refractivity contribution is 0.0816. The Morgan fingerprint density at radius 2 is 1.95 bits per heavy atom. The quantitative estimate of drug-likeness (QED) is 0.834. The minimum absolute atomic E-state index is 0.473. The van der Waals surface area contributed by atoms with Crippen molar-refractivity contribution in [2.24, 2.45) is 0 Å². The number of hydrogen-bond donors (Lipinski definition) is 0. The molecule has 0 fully saturated rings. The van der Waals surface area contributed by atoms with Crippen molar-refractivity contribution in [2.75, 3.05) is 6.61 Å². The van der Waals surface area contributed by atoms with Gasteiger partial charge in [0.1, 0.15) is 24.7 Å². The molecule has 2 heterocycles. The predicted molar refractivity (Wildman–Crippen MR) is 72.2 cm³/mol. The Bertz CT molecular complexity index is 581. The first-order valence-corrected chi connectivity index (χ1v) is 6.35. The first kappa shape index (κ1) is 12.1. The third-order valence-electron chi connectivity index (χ3n) is 3.25. The van der Waals surface area contributed by atoms with Gasteiger partial charge in [-0.25, -0.2) is 0 Å². The van der Waals surface area contributed by atoms with Crippen molar-refractivity contribution >= 4 is 5.57 Å². The molecule has 1 aliphatic rings. The maximum absolute atomic E-state index is 5.71. The first-order valence-electron chi connectivity index (χ1n) is 6.35. The molecule has 0 N–H and O–H groups in total. The largest absolute Gasteiger partial charge is 0.490 e. The van der Waals surface area contributed by atoms with Crippen molar-refractivity contribution in [2.45, 2.75) is 20.1 Å². The van der Waals surface area contributed by atoms with E-state index in [1.54, 1.807) is 6.26 Å². The van der Waals surface area contributed by atoms with Crippen LogP contribution in [0, 0.1) is 0 Å². The van der Waals surface area contributed by atoms with Crippen molar-refractivity contribution < 1.29 is 13.9 Å². The van der Waals surface area contributed by atoms with Crippen LogP contribution in [-0.4, -0.2) is 6.61 Å². The summed E-state index contributed by atoms with van der Waals surface area (Å²) in [6.07, 6.45) is 1.70. The molecule has 1 aromatic heterocycles. The molecule has 3 nitrogen and oxygen atoms in total. The third-order valence-corrected chi connectivity index (χ3v) is 3.25. The fourth-order valence-electron chi connectivity index (χ4n) is 2.16. The normalized spacial score (nSPS) is 14.2. The van der Waals surface area contributed by atoms with Crippen LogP contribution in [-0.2, 0) is 22.7 Å². The topological polar surface area (TPSA) is 31.6 Å². The van der Waals surface area contributed by atoms with Gasteiger partial charge in [-0.15, -0.1) is 0 Å². The van der Waals surface area contributed by atoms with Crippen LogP contribution in [0.15, 0.2) is 52.8 Å². The van der Waals surface area contributed by atoms with Gasteiger partial charge in [0.2, 0.25) is 0 Å². The summed E-state index contributed by atoms with van der Waals surface area (Å²) in [6.45, 7) is 3.63. The molecule has 0 radical (unpaired) electrons. The van der Waals surface area contributed by atoms with Crippen molar-refractivity contribution in [1.82, 2.24) is 0 Å². The second kappa shape index (κ2) is 5.33. The summed E-state index contributed by atoms with van der Waals surface area (Å²) in [5.41, 5.74) is 3.29. The minimum Gasteiger partial charge on any atom is -0.490 e. The summed E-state index contributed by atoms with van der Waals surface area (Å²) in [5, 5.41) is 0. The van der Waals surface area contributed by atoms with Crippen molar-refractivity contribution in [1.29, 1.82) is 0 Å². The number of furan rings is 1. The Hall–Kier alpha value is -2.00. The smallest absolute Gasteiger partial charge is 0.139 e. The van der Waals surface area contributed by atoms with E-state index in [9.17, 15) is 0 Å². The molecular weight excluding hydrogens is 240 g/mol. The fraction of sp³-hybridized carbons (Fsp3) is 0.250. The Balaban J connectivity index is 1.63. The maximum atomic E-state index is 5.71. The molecule has 19 heavy (non-hydrogen) atoms. The Morgan fingerprint density at radius 1 is 1.11 bits per heavy atom. The molecule has 0 saturated heterocycles. The second-order valence-electron chi connectivity index (χ2n) is 4.59. The molecule has 0 saturated carbocycles. The molecule has 3 heteroatoms. The summed E-state index contributed by atoms with van der Waals surface area (Å²) in [7, 11) is 0. The number of ether oxygens (including phenoxy) is 2. The zero-order valence-corrected chi connectivity index (χ0v) is 10.9. The van der Waals surface area contributed by atoms with Crippen LogP contribution in [0.25, 0.3) is 5.57 Å². The minimum atomic E-state index is 0.473. The van der Waals surface area contributed by atoms with Gasteiger partial charge >= 0.3 is 0 Å². The Morgan fingerprint density at radius 3 is 2.79 bits per heavy atom. The Kier molecular flexibility index (Phi) is 3.38. The lowest BCUT2D eigenvalue weighted by Crippen LogP contribution is -2.09. The second-order valence-corrected chi connectivity index (χ2v) is 4.59. The highest BCUT2D eigenvalue weighted by atomic mass is 16.5. The van der Waals surface area contributed by atoms with E-state index < -0.39 is 0 Å². The Labute approximate surface area is 112 Å². The van der Waals surface area contributed by atoms with Crippen LogP contribution < -0.4 is 0 Å². The van der Waals surface area contributed by atoms with Gasteiger partial charge in [-0.1, -0.05) is 30.3 Å². The van der Waals surface area contributed by atoms with E-state index in [4.69, 9.17) is 13.9 Å². The van der Waals surface area contributed by atoms with E-state index in [1.165, 1.54) is 0 Å². The highest BCUT2D eigenvalue weighted by Gasteiger charge is 2.19. The van der Waals surface area contributed by atoms with Crippen LogP contribution in [0.3, 0.4) is 0 Å².